The highest BCUT2D eigenvalue weighted by molar-refractivity contribution is 14.0. The van der Waals surface area contributed by atoms with Gasteiger partial charge >= 0.3 is 0 Å². The van der Waals surface area contributed by atoms with E-state index in [1.54, 1.807) is 11.3 Å². The minimum atomic E-state index is 0. The second-order valence-corrected chi connectivity index (χ2v) is 8.63. The lowest BCUT2D eigenvalue weighted by molar-refractivity contribution is -0.145. The molecule has 1 heterocycles. The lowest BCUT2D eigenvalue weighted by atomic mass is 9.55. The molecule has 148 valence electrons. The molecule has 0 amide bonds. The number of hydrogen-bond donors (Lipinski definition) is 2. The molecule has 0 aliphatic heterocycles. The summed E-state index contributed by atoms with van der Waals surface area (Å²) in [7, 11) is 1.85. The van der Waals surface area contributed by atoms with Gasteiger partial charge in [-0.2, -0.15) is 0 Å². The Balaban J connectivity index is 0.00000243. The van der Waals surface area contributed by atoms with Crippen LogP contribution in [0, 0.1) is 19.3 Å². The number of ether oxygens (including phenoxy) is 1. The van der Waals surface area contributed by atoms with Gasteiger partial charge in [0.25, 0.3) is 0 Å². The van der Waals surface area contributed by atoms with Crippen LogP contribution in [0.3, 0.4) is 0 Å². The molecule has 1 spiro atoms. The monoisotopic (exact) mass is 492 g/mol. The van der Waals surface area contributed by atoms with Crippen molar-refractivity contribution in [3.05, 3.63) is 15.6 Å². The van der Waals surface area contributed by atoms with Crippen LogP contribution in [0.5, 0.6) is 0 Å². The number of rotatable bonds is 5. The molecule has 3 rings (SSSR count). The van der Waals surface area contributed by atoms with Crippen LogP contribution in [0.2, 0.25) is 0 Å². The average Bonchev–Trinajstić information content (AvgIpc) is 2.95. The Morgan fingerprint density at radius 1 is 1.31 bits per heavy atom. The van der Waals surface area contributed by atoms with E-state index in [0.717, 1.165) is 36.2 Å². The predicted octanol–water partition coefficient (Wildman–Crippen LogP) is 4.17. The third-order valence-corrected chi connectivity index (χ3v) is 7.02. The first-order valence-corrected chi connectivity index (χ1v) is 10.4. The SMILES string of the molecule is CCOC1CC(NC(=NC)NCc2nc(C)c(C)s2)C12CCCCC2.I. The van der Waals surface area contributed by atoms with Crippen molar-refractivity contribution in [2.75, 3.05) is 13.7 Å². The summed E-state index contributed by atoms with van der Waals surface area (Å²) in [6.07, 6.45) is 8.07. The fraction of sp³-hybridized carbons (Fsp3) is 0.789. The van der Waals surface area contributed by atoms with E-state index in [0.29, 0.717) is 17.6 Å². The Kier molecular flexibility index (Phi) is 8.15. The summed E-state index contributed by atoms with van der Waals surface area (Å²) in [6, 6.07) is 0.468. The predicted molar refractivity (Wildman–Crippen MR) is 120 cm³/mol. The van der Waals surface area contributed by atoms with E-state index in [1.165, 1.54) is 37.0 Å². The van der Waals surface area contributed by atoms with Gasteiger partial charge in [0.15, 0.2) is 5.96 Å². The maximum absolute atomic E-state index is 6.05. The quantitative estimate of drug-likeness (QED) is 0.368. The molecule has 2 unspecified atom stereocenters. The van der Waals surface area contributed by atoms with Crippen LogP contribution in [-0.2, 0) is 11.3 Å². The number of hydrogen-bond acceptors (Lipinski definition) is 4. The van der Waals surface area contributed by atoms with Crippen molar-refractivity contribution in [3.63, 3.8) is 0 Å². The maximum atomic E-state index is 6.05. The van der Waals surface area contributed by atoms with Crippen LogP contribution in [0.4, 0.5) is 0 Å². The van der Waals surface area contributed by atoms with E-state index in [4.69, 9.17) is 4.74 Å². The number of halogens is 1. The largest absolute Gasteiger partial charge is 0.378 e. The Bertz CT molecular complexity index is 593. The van der Waals surface area contributed by atoms with Crippen LogP contribution in [0.15, 0.2) is 4.99 Å². The van der Waals surface area contributed by atoms with Crippen molar-refractivity contribution in [3.8, 4) is 0 Å². The highest BCUT2D eigenvalue weighted by Gasteiger charge is 2.55. The molecule has 26 heavy (non-hydrogen) atoms. The standard InChI is InChI=1S/C19H32N4OS.HI/c1-5-24-16-11-15(19(16)9-7-6-8-10-19)23-18(20-4)21-12-17-22-13(2)14(3)25-17;/h15-16H,5-12H2,1-4H3,(H2,20,21,23);1H. The third kappa shape index (κ3) is 4.52. The number of aliphatic imine (C=N–C) groups is 1. The molecule has 0 bridgehead atoms. The van der Waals surface area contributed by atoms with Crippen LogP contribution < -0.4 is 10.6 Å². The Labute approximate surface area is 178 Å². The van der Waals surface area contributed by atoms with Crippen molar-refractivity contribution < 1.29 is 4.74 Å². The van der Waals surface area contributed by atoms with E-state index in [9.17, 15) is 0 Å². The number of nitrogens with zero attached hydrogens (tertiary/aromatic N) is 2. The zero-order chi connectivity index (χ0) is 17.9. The normalized spacial score (nSPS) is 24.7. The number of guanidine groups is 1. The van der Waals surface area contributed by atoms with Crippen molar-refractivity contribution in [1.82, 2.24) is 15.6 Å². The molecule has 0 saturated heterocycles. The second kappa shape index (κ2) is 9.68. The highest BCUT2D eigenvalue weighted by Crippen LogP contribution is 2.53. The Morgan fingerprint density at radius 2 is 2.04 bits per heavy atom. The topological polar surface area (TPSA) is 58.5 Å². The lowest BCUT2D eigenvalue weighted by Gasteiger charge is -2.57. The average molecular weight is 492 g/mol. The first-order valence-electron chi connectivity index (χ1n) is 9.60. The van der Waals surface area contributed by atoms with Crippen LogP contribution >= 0.6 is 35.3 Å². The molecule has 2 atom stereocenters. The first-order chi connectivity index (χ1) is 12.1. The van der Waals surface area contributed by atoms with Crippen molar-refractivity contribution in [2.45, 2.75) is 78.0 Å². The number of aromatic nitrogens is 1. The molecule has 2 N–H and O–H groups in total. The van der Waals surface area contributed by atoms with Gasteiger partial charge in [-0.15, -0.1) is 35.3 Å². The highest BCUT2D eigenvalue weighted by atomic mass is 127. The molecule has 2 saturated carbocycles. The maximum Gasteiger partial charge on any atom is 0.191 e. The smallest absolute Gasteiger partial charge is 0.191 e. The molecule has 0 aromatic carbocycles. The molecule has 2 aliphatic rings. The van der Waals surface area contributed by atoms with E-state index in [2.05, 4.69) is 41.4 Å². The zero-order valence-corrected chi connectivity index (χ0v) is 19.6. The summed E-state index contributed by atoms with van der Waals surface area (Å²) in [6.45, 7) is 7.84. The summed E-state index contributed by atoms with van der Waals surface area (Å²) in [5.74, 6) is 0.885. The van der Waals surface area contributed by atoms with E-state index < -0.39 is 0 Å². The summed E-state index contributed by atoms with van der Waals surface area (Å²) >= 11 is 1.76. The van der Waals surface area contributed by atoms with Gasteiger partial charge < -0.3 is 15.4 Å². The molecule has 1 aromatic rings. The minimum absolute atomic E-state index is 0. The van der Waals surface area contributed by atoms with Crippen molar-refractivity contribution in [2.24, 2.45) is 10.4 Å². The Hall–Kier alpha value is -0.410. The summed E-state index contributed by atoms with van der Waals surface area (Å²) < 4.78 is 6.05. The van der Waals surface area contributed by atoms with E-state index in [1.807, 2.05) is 7.05 Å². The third-order valence-electron chi connectivity index (χ3n) is 5.95. The zero-order valence-electron chi connectivity index (χ0n) is 16.4. The summed E-state index contributed by atoms with van der Waals surface area (Å²) in [4.78, 5) is 10.3. The van der Waals surface area contributed by atoms with Gasteiger partial charge in [-0.05, 0) is 40.0 Å². The fourth-order valence-electron chi connectivity index (χ4n) is 4.40. The minimum Gasteiger partial charge on any atom is -0.378 e. The van der Waals surface area contributed by atoms with Gasteiger partial charge in [-0.3, -0.25) is 4.99 Å². The molecular weight excluding hydrogens is 459 g/mol. The van der Waals surface area contributed by atoms with E-state index in [-0.39, 0.29) is 24.0 Å². The molecule has 5 nitrogen and oxygen atoms in total. The molecule has 2 aliphatic carbocycles. The summed E-state index contributed by atoms with van der Waals surface area (Å²) in [5.41, 5.74) is 1.43. The van der Waals surface area contributed by atoms with E-state index >= 15 is 0 Å². The van der Waals surface area contributed by atoms with Crippen molar-refractivity contribution >= 4 is 41.3 Å². The van der Waals surface area contributed by atoms with Gasteiger partial charge in [0.2, 0.25) is 0 Å². The van der Waals surface area contributed by atoms with Gasteiger partial charge in [-0.25, -0.2) is 4.98 Å². The molecule has 0 radical (unpaired) electrons. The number of aryl methyl sites for hydroxylation is 2. The lowest BCUT2D eigenvalue weighted by Crippen LogP contribution is -2.66. The number of nitrogens with one attached hydrogen (secondary N) is 2. The summed E-state index contributed by atoms with van der Waals surface area (Å²) in [5, 5.41) is 8.24. The second-order valence-electron chi connectivity index (χ2n) is 7.35. The molecular formula is C19H33IN4OS. The first kappa shape index (κ1) is 21.9. The fourth-order valence-corrected chi connectivity index (χ4v) is 5.27. The molecule has 2 fully saturated rings. The van der Waals surface area contributed by atoms with Crippen LogP contribution in [-0.4, -0.2) is 36.7 Å². The van der Waals surface area contributed by atoms with Crippen LogP contribution in [0.1, 0.15) is 61.0 Å². The molecule has 7 heteroatoms. The van der Waals surface area contributed by atoms with Gasteiger partial charge in [0.05, 0.1) is 18.3 Å². The molecule has 1 aromatic heterocycles. The van der Waals surface area contributed by atoms with Crippen molar-refractivity contribution in [1.29, 1.82) is 0 Å². The number of thiazole rings is 1. The van der Waals surface area contributed by atoms with Gasteiger partial charge in [-0.1, -0.05) is 19.3 Å². The van der Waals surface area contributed by atoms with Gasteiger partial charge in [0.1, 0.15) is 5.01 Å². The Morgan fingerprint density at radius 3 is 2.62 bits per heavy atom. The van der Waals surface area contributed by atoms with Gasteiger partial charge in [0, 0.05) is 30.0 Å². The van der Waals surface area contributed by atoms with Crippen LogP contribution in [0.25, 0.3) is 0 Å².